The molecule has 0 heterocycles. The maximum Gasteiger partial charge on any atom is 0.314 e. The molecule has 18 heavy (non-hydrogen) atoms. The van der Waals surface area contributed by atoms with Crippen LogP contribution in [0.15, 0.2) is 24.3 Å². The fourth-order valence-corrected chi connectivity index (χ4v) is 1.94. The van der Waals surface area contributed by atoms with E-state index in [2.05, 4.69) is 6.92 Å². The fourth-order valence-electron chi connectivity index (χ4n) is 1.94. The second kappa shape index (κ2) is 7.91. The highest BCUT2D eigenvalue weighted by Crippen LogP contribution is 2.18. The third kappa shape index (κ3) is 4.91. The number of aryl methyl sites for hydroxylation is 1. The minimum absolute atomic E-state index is 0.0397. The lowest BCUT2D eigenvalue weighted by molar-refractivity contribution is -0.139. The average molecular weight is 248 g/mol. The minimum atomic E-state index is -0.0857. The third-order valence-corrected chi connectivity index (χ3v) is 3.22. The van der Waals surface area contributed by atoms with E-state index in [-0.39, 0.29) is 11.9 Å². The van der Waals surface area contributed by atoms with Crippen molar-refractivity contribution in [3.63, 3.8) is 0 Å². The summed E-state index contributed by atoms with van der Waals surface area (Å²) < 4.78 is 5.41. The minimum Gasteiger partial charge on any atom is -0.426 e. The highest BCUT2D eigenvalue weighted by molar-refractivity contribution is 5.75. The summed E-state index contributed by atoms with van der Waals surface area (Å²) in [4.78, 5) is 12.0. The molecule has 0 saturated heterocycles. The number of benzene rings is 1. The van der Waals surface area contributed by atoms with Crippen LogP contribution in [0.25, 0.3) is 0 Å². The standard InChI is InChI=1S/C16H24O2/c1-4-6-7-8-14(5-2)16(17)18-15-11-9-13(3)10-12-15/h9-12,14H,4-8H2,1-3H3. The second-order valence-corrected chi connectivity index (χ2v) is 4.84. The van der Waals surface area contributed by atoms with Crippen LogP contribution in [0.3, 0.4) is 0 Å². The van der Waals surface area contributed by atoms with Gasteiger partial charge in [-0.25, -0.2) is 0 Å². The Morgan fingerprint density at radius 1 is 1.17 bits per heavy atom. The van der Waals surface area contributed by atoms with Crippen LogP contribution in [0, 0.1) is 12.8 Å². The summed E-state index contributed by atoms with van der Waals surface area (Å²) in [6.07, 6.45) is 5.28. The first-order valence-electron chi connectivity index (χ1n) is 6.95. The summed E-state index contributed by atoms with van der Waals surface area (Å²) in [5.41, 5.74) is 1.17. The number of hydrogen-bond donors (Lipinski definition) is 0. The van der Waals surface area contributed by atoms with E-state index < -0.39 is 0 Å². The molecule has 100 valence electrons. The van der Waals surface area contributed by atoms with Gasteiger partial charge in [-0.1, -0.05) is 50.8 Å². The Labute approximate surface area is 110 Å². The normalized spacial score (nSPS) is 12.2. The van der Waals surface area contributed by atoms with Crippen LogP contribution in [0.2, 0.25) is 0 Å². The summed E-state index contributed by atoms with van der Waals surface area (Å²) in [5, 5.41) is 0. The van der Waals surface area contributed by atoms with E-state index in [1.165, 1.54) is 18.4 Å². The molecular weight excluding hydrogens is 224 g/mol. The summed E-state index contributed by atoms with van der Waals surface area (Å²) in [7, 11) is 0. The van der Waals surface area contributed by atoms with Crippen LogP contribution in [0.1, 0.15) is 51.5 Å². The van der Waals surface area contributed by atoms with Crippen molar-refractivity contribution in [2.45, 2.75) is 52.9 Å². The van der Waals surface area contributed by atoms with Gasteiger partial charge in [0.15, 0.2) is 0 Å². The van der Waals surface area contributed by atoms with Gasteiger partial charge >= 0.3 is 5.97 Å². The number of unbranched alkanes of at least 4 members (excludes halogenated alkanes) is 2. The van der Waals surface area contributed by atoms with Gasteiger partial charge in [-0.3, -0.25) is 4.79 Å². The quantitative estimate of drug-likeness (QED) is 0.403. The third-order valence-electron chi connectivity index (χ3n) is 3.22. The topological polar surface area (TPSA) is 26.3 Å². The smallest absolute Gasteiger partial charge is 0.314 e. The van der Waals surface area contributed by atoms with Gasteiger partial charge < -0.3 is 4.74 Å². The molecule has 1 rings (SSSR count). The van der Waals surface area contributed by atoms with Crippen molar-refractivity contribution in [3.8, 4) is 5.75 Å². The second-order valence-electron chi connectivity index (χ2n) is 4.84. The first-order valence-corrected chi connectivity index (χ1v) is 6.95. The maximum absolute atomic E-state index is 12.0. The van der Waals surface area contributed by atoms with Gasteiger partial charge in [-0.2, -0.15) is 0 Å². The van der Waals surface area contributed by atoms with Gasteiger partial charge in [-0.15, -0.1) is 0 Å². The first kappa shape index (κ1) is 14.7. The zero-order chi connectivity index (χ0) is 13.4. The monoisotopic (exact) mass is 248 g/mol. The molecule has 1 unspecified atom stereocenters. The zero-order valence-electron chi connectivity index (χ0n) is 11.7. The van der Waals surface area contributed by atoms with Gasteiger partial charge in [0.2, 0.25) is 0 Å². The number of ether oxygens (including phenoxy) is 1. The van der Waals surface area contributed by atoms with E-state index in [9.17, 15) is 4.79 Å². The summed E-state index contributed by atoms with van der Waals surface area (Å²) in [6.45, 7) is 6.24. The molecule has 0 fully saturated rings. The van der Waals surface area contributed by atoms with E-state index in [1.807, 2.05) is 38.1 Å². The predicted octanol–water partition coefficient (Wildman–Crippen LogP) is 4.51. The molecule has 0 aliphatic carbocycles. The highest BCUT2D eigenvalue weighted by atomic mass is 16.5. The van der Waals surface area contributed by atoms with Gasteiger partial charge in [0.05, 0.1) is 5.92 Å². The van der Waals surface area contributed by atoms with E-state index in [0.29, 0.717) is 5.75 Å². The molecule has 0 bridgehead atoms. The number of carbonyl (C=O) groups excluding carboxylic acids is 1. The predicted molar refractivity (Wildman–Crippen MR) is 74.7 cm³/mol. The van der Waals surface area contributed by atoms with Crippen molar-refractivity contribution in [2.24, 2.45) is 5.92 Å². The number of carbonyl (C=O) groups is 1. The van der Waals surface area contributed by atoms with E-state index in [1.54, 1.807) is 0 Å². The molecule has 0 saturated carbocycles. The summed E-state index contributed by atoms with van der Waals surface area (Å²) in [5.74, 6) is 0.606. The van der Waals surface area contributed by atoms with Crippen molar-refractivity contribution >= 4 is 5.97 Å². The summed E-state index contributed by atoms with van der Waals surface area (Å²) >= 11 is 0. The van der Waals surface area contributed by atoms with Crippen LogP contribution in [-0.2, 0) is 4.79 Å². The van der Waals surface area contributed by atoms with Gasteiger partial charge in [0.25, 0.3) is 0 Å². The fraction of sp³-hybridized carbons (Fsp3) is 0.562. The van der Waals surface area contributed by atoms with Crippen molar-refractivity contribution in [2.75, 3.05) is 0 Å². The molecule has 0 amide bonds. The van der Waals surface area contributed by atoms with Crippen molar-refractivity contribution in [1.82, 2.24) is 0 Å². The van der Waals surface area contributed by atoms with Crippen molar-refractivity contribution < 1.29 is 9.53 Å². The molecule has 0 aliphatic heterocycles. The molecule has 0 aliphatic rings. The molecule has 2 heteroatoms. The maximum atomic E-state index is 12.0. The molecule has 0 N–H and O–H groups in total. The molecule has 2 nitrogen and oxygen atoms in total. The molecular formula is C16H24O2. The first-order chi connectivity index (χ1) is 8.67. The van der Waals surface area contributed by atoms with Gasteiger partial charge in [0, 0.05) is 0 Å². The van der Waals surface area contributed by atoms with Crippen LogP contribution in [-0.4, -0.2) is 5.97 Å². The molecule has 1 aromatic carbocycles. The lowest BCUT2D eigenvalue weighted by Crippen LogP contribution is -2.20. The zero-order valence-corrected chi connectivity index (χ0v) is 11.7. The van der Waals surface area contributed by atoms with Gasteiger partial charge in [-0.05, 0) is 31.9 Å². The Balaban J connectivity index is 2.48. The number of esters is 1. The Morgan fingerprint density at radius 2 is 1.83 bits per heavy atom. The van der Waals surface area contributed by atoms with Crippen LogP contribution < -0.4 is 4.74 Å². The highest BCUT2D eigenvalue weighted by Gasteiger charge is 2.18. The van der Waals surface area contributed by atoms with E-state index >= 15 is 0 Å². The van der Waals surface area contributed by atoms with Crippen LogP contribution in [0.4, 0.5) is 0 Å². The van der Waals surface area contributed by atoms with E-state index in [0.717, 1.165) is 19.3 Å². The van der Waals surface area contributed by atoms with Crippen molar-refractivity contribution in [1.29, 1.82) is 0 Å². The number of rotatable bonds is 7. The molecule has 0 spiro atoms. The lowest BCUT2D eigenvalue weighted by atomic mass is 9.99. The van der Waals surface area contributed by atoms with Crippen LogP contribution in [0.5, 0.6) is 5.75 Å². The van der Waals surface area contributed by atoms with Gasteiger partial charge in [0.1, 0.15) is 5.75 Å². The molecule has 0 radical (unpaired) electrons. The molecule has 0 aromatic heterocycles. The largest absolute Gasteiger partial charge is 0.426 e. The SMILES string of the molecule is CCCCCC(CC)C(=O)Oc1ccc(C)cc1. The Hall–Kier alpha value is -1.31. The molecule has 1 atom stereocenters. The Kier molecular flexibility index (Phi) is 6.48. The van der Waals surface area contributed by atoms with E-state index in [4.69, 9.17) is 4.74 Å². The summed E-state index contributed by atoms with van der Waals surface area (Å²) in [6, 6.07) is 7.62. The average Bonchev–Trinajstić information content (AvgIpc) is 2.37. The van der Waals surface area contributed by atoms with Crippen molar-refractivity contribution in [3.05, 3.63) is 29.8 Å². The Bertz CT molecular complexity index is 354. The number of hydrogen-bond acceptors (Lipinski definition) is 2. The lowest BCUT2D eigenvalue weighted by Gasteiger charge is -2.13. The Morgan fingerprint density at radius 3 is 2.39 bits per heavy atom. The van der Waals surface area contributed by atoms with Crippen LogP contribution >= 0.6 is 0 Å². The molecule has 1 aromatic rings.